The number of nitrogen functional groups attached to an aromatic ring is 1. The predicted molar refractivity (Wildman–Crippen MR) is 69.9 cm³/mol. The first-order chi connectivity index (χ1) is 9.11. The molecular formula is C13H15FN4O. The summed E-state index contributed by atoms with van der Waals surface area (Å²) < 4.78 is 15.0. The molecule has 0 aliphatic heterocycles. The van der Waals surface area contributed by atoms with Crippen LogP contribution in [0.15, 0.2) is 30.5 Å². The molecule has 100 valence electrons. The maximum atomic E-state index is 13.4. The summed E-state index contributed by atoms with van der Waals surface area (Å²) in [5.41, 5.74) is 6.60. The van der Waals surface area contributed by atoms with Crippen molar-refractivity contribution in [2.45, 2.75) is 20.0 Å². The second kappa shape index (κ2) is 5.51. The zero-order valence-electron chi connectivity index (χ0n) is 10.6. The molecule has 1 amide bonds. The molecule has 3 N–H and O–H groups in total. The first kappa shape index (κ1) is 13.1. The number of nitrogens with two attached hydrogens (primary N) is 1. The summed E-state index contributed by atoms with van der Waals surface area (Å²) in [6.07, 6.45) is 1.60. The van der Waals surface area contributed by atoms with Gasteiger partial charge in [0.05, 0.1) is 5.69 Å². The van der Waals surface area contributed by atoms with E-state index in [0.717, 1.165) is 0 Å². The minimum atomic E-state index is -0.409. The van der Waals surface area contributed by atoms with Crippen LogP contribution in [-0.2, 0) is 13.1 Å². The number of carbonyl (C=O) groups is 1. The van der Waals surface area contributed by atoms with Crippen LogP contribution in [0.4, 0.5) is 10.1 Å². The maximum absolute atomic E-state index is 13.4. The summed E-state index contributed by atoms with van der Waals surface area (Å²) in [7, 11) is 0. The molecule has 0 aliphatic carbocycles. The summed E-state index contributed by atoms with van der Waals surface area (Å²) in [5.74, 6) is -0.761. The van der Waals surface area contributed by atoms with Gasteiger partial charge < -0.3 is 11.1 Å². The summed E-state index contributed by atoms with van der Waals surface area (Å²) in [5, 5.41) is 6.65. The summed E-state index contributed by atoms with van der Waals surface area (Å²) >= 11 is 0. The van der Waals surface area contributed by atoms with Crippen molar-refractivity contribution in [3.8, 4) is 0 Å². The lowest BCUT2D eigenvalue weighted by Crippen LogP contribution is -2.24. The van der Waals surface area contributed by atoms with Gasteiger partial charge in [-0.2, -0.15) is 5.10 Å². The van der Waals surface area contributed by atoms with Crippen LogP contribution in [0.3, 0.4) is 0 Å². The van der Waals surface area contributed by atoms with Gasteiger partial charge in [0.25, 0.3) is 5.91 Å². The van der Waals surface area contributed by atoms with Gasteiger partial charge in [0.1, 0.15) is 5.82 Å². The Bertz CT molecular complexity index is 594. The highest BCUT2D eigenvalue weighted by molar-refractivity contribution is 5.96. The Balaban J connectivity index is 2.05. The molecule has 19 heavy (non-hydrogen) atoms. The fraction of sp³-hybridized carbons (Fsp3) is 0.231. The van der Waals surface area contributed by atoms with E-state index < -0.39 is 5.91 Å². The monoisotopic (exact) mass is 262 g/mol. The number of aryl methyl sites for hydroxylation is 1. The number of nitrogens with zero attached hydrogens (tertiary/aromatic N) is 2. The molecule has 1 aromatic carbocycles. The van der Waals surface area contributed by atoms with E-state index >= 15 is 0 Å². The number of hydrogen-bond donors (Lipinski definition) is 2. The number of benzene rings is 1. The third-order valence-electron chi connectivity index (χ3n) is 2.73. The SMILES string of the molecule is CCn1cc(N)c(C(=O)NCc2ccccc2F)n1. The van der Waals surface area contributed by atoms with Crippen molar-refractivity contribution in [1.29, 1.82) is 0 Å². The van der Waals surface area contributed by atoms with E-state index in [0.29, 0.717) is 17.8 Å². The Morgan fingerprint density at radius 2 is 2.21 bits per heavy atom. The molecule has 1 heterocycles. The minimum Gasteiger partial charge on any atom is -0.396 e. The van der Waals surface area contributed by atoms with Gasteiger partial charge in [-0.15, -0.1) is 0 Å². The van der Waals surface area contributed by atoms with Crippen LogP contribution in [0, 0.1) is 5.82 Å². The van der Waals surface area contributed by atoms with E-state index in [1.165, 1.54) is 6.07 Å². The Labute approximate surface area is 110 Å². The maximum Gasteiger partial charge on any atom is 0.274 e. The lowest BCUT2D eigenvalue weighted by molar-refractivity contribution is 0.0945. The first-order valence-electron chi connectivity index (χ1n) is 5.96. The molecule has 2 aromatic rings. The Morgan fingerprint density at radius 3 is 2.84 bits per heavy atom. The summed E-state index contributed by atoms with van der Waals surface area (Å²) in [6.45, 7) is 2.63. The quantitative estimate of drug-likeness (QED) is 0.878. The molecular weight excluding hydrogens is 247 g/mol. The van der Waals surface area contributed by atoms with Crippen molar-refractivity contribution in [3.63, 3.8) is 0 Å². The van der Waals surface area contributed by atoms with Crippen molar-refractivity contribution >= 4 is 11.6 Å². The topological polar surface area (TPSA) is 72.9 Å². The molecule has 0 saturated heterocycles. The predicted octanol–water partition coefficient (Wildman–Crippen LogP) is 1.55. The number of halogens is 1. The van der Waals surface area contributed by atoms with Gasteiger partial charge in [-0.3, -0.25) is 9.48 Å². The largest absolute Gasteiger partial charge is 0.396 e. The highest BCUT2D eigenvalue weighted by Crippen LogP contribution is 2.10. The van der Waals surface area contributed by atoms with Gasteiger partial charge in [0, 0.05) is 24.8 Å². The molecule has 2 rings (SSSR count). The summed E-state index contributed by atoms with van der Waals surface area (Å²) in [4.78, 5) is 11.9. The standard InChI is InChI=1S/C13H15FN4O/c1-2-18-8-11(15)12(17-18)13(19)16-7-9-5-3-4-6-10(9)14/h3-6,8H,2,7,15H2,1H3,(H,16,19). The van der Waals surface area contributed by atoms with Gasteiger partial charge in [0.2, 0.25) is 0 Å². The zero-order chi connectivity index (χ0) is 13.8. The number of amides is 1. The molecule has 0 spiro atoms. The summed E-state index contributed by atoms with van der Waals surface area (Å²) in [6, 6.07) is 6.28. The van der Waals surface area contributed by atoms with Gasteiger partial charge in [-0.05, 0) is 13.0 Å². The first-order valence-corrected chi connectivity index (χ1v) is 5.96. The molecule has 1 aromatic heterocycles. The third kappa shape index (κ3) is 2.90. The van der Waals surface area contributed by atoms with E-state index in [9.17, 15) is 9.18 Å². The van der Waals surface area contributed by atoms with Crippen LogP contribution in [0.1, 0.15) is 23.0 Å². The fourth-order valence-corrected chi connectivity index (χ4v) is 1.68. The third-order valence-corrected chi connectivity index (χ3v) is 2.73. The van der Waals surface area contributed by atoms with Crippen LogP contribution >= 0.6 is 0 Å². The second-order valence-electron chi connectivity index (χ2n) is 4.06. The minimum absolute atomic E-state index is 0.101. The van der Waals surface area contributed by atoms with Crippen molar-refractivity contribution in [2.24, 2.45) is 0 Å². The lowest BCUT2D eigenvalue weighted by Gasteiger charge is -2.05. The van der Waals surface area contributed by atoms with Gasteiger partial charge in [-0.1, -0.05) is 18.2 Å². The average Bonchev–Trinajstić information content (AvgIpc) is 2.79. The van der Waals surface area contributed by atoms with E-state index in [-0.39, 0.29) is 18.1 Å². The lowest BCUT2D eigenvalue weighted by atomic mass is 10.2. The number of carbonyl (C=O) groups excluding carboxylic acids is 1. The van der Waals surface area contributed by atoms with Gasteiger partial charge >= 0.3 is 0 Å². The van der Waals surface area contributed by atoms with Crippen LogP contribution in [0.5, 0.6) is 0 Å². The molecule has 0 atom stereocenters. The molecule has 0 saturated carbocycles. The van der Waals surface area contributed by atoms with Gasteiger partial charge in [0.15, 0.2) is 5.69 Å². The Morgan fingerprint density at radius 1 is 1.47 bits per heavy atom. The second-order valence-corrected chi connectivity index (χ2v) is 4.06. The fourth-order valence-electron chi connectivity index (χ4n) is 1.68. The van der Waals surface area contributed by atoms with Crippen LogP contribution in [-0.4, -0.2) is 15.7 Å². The van der Waals surface area contributed by atoms with Crippen molar-refractivity contribution in [2.75, 3.05) is 5.73 Å². The molecule has 0 fully saturated rings. The number of nitrogens with one attached hydrogen (secondary N) is 1. The molecule has 0 aliphatic rings. The number of anilines is 1. The molecule has 0 unspecified atom stereocenters. The number of aromatic nitrogens is 2. The molecule has 0 bridgehead atoms. The van der Waals surface area contributed by atoms with Crippen molar-refractivity contribution in [3.05, 3.63) is 47.5 Å². The highest BCUT2D eigenvalue weighted by atomic mass is 19.1. The molecule has 0 radical (unpaired) electrons. The molecule has 6 heteroatoms. The normalized spacial score (nSPS) is 10.4. The Kier molecular flexibility index (Phi) is 3.79. The highest BCUT2D eigenvalue weighted by Gasteiger charge is 2.14. The Hall–Kier alpha value is -2.37. The van der Waals surface area contributed by atoms with Crippen LogP contribution in [0.25, 0.3) is 0 Å². The van der Waals surface area contributed by atoms with Crippen molar-refractivity contribution < 1.29 is 9.18 Å². The smallest absolute Gasteiger partial charge is 0.274 e. The van der Waals surface area contributed by atoms with Crippen LogP contribution in [0.2, 0.25) is 0 Å². The van der Waals surface area contributed by atoms with E-state index in [1.54, 1.807) is 29.1 Å². The van der Waals surface area contributed by atoms with Gasteiger partial charge in [-0.25, -0.2) is 4.39 Å². The average molecular weight is 262 g/mol. The van der Waals surface area contributed by atoms with Crippen LogP contribution < -0.4 is 11.1 Å². The van der Waals surface area contributed by atoms with E-state index in [2.05, 4.69) is 10.4 Å². The molecule has 5 nitrogen and oxygen atoms in total. The van der Waals surface area contributed by atoms with E-state index in [4.69, 9.17) is 5.73 Å². The number of hydrogen-bond acceptors (Lipinski definition) is 3. The van der Waals surface area contributed by atoms with Crippen molar-refractivity contribution in [1.82, 2.24) is 15.1 Å². The zero-order valence-corrected chi connectivity index (χ0v) is 10.6. The number of rotatable bonds is 4. The van der Waals surface area contributed by atoms with E-state index in [1.807, 2.05) is 6.92 Å².